The summed E-state index contributed by atoms with van der Waals surface area (Å²) in [6, 6.07) is 11.3. The zero-order valence-corrected chi connectivity index (χ0v) is 16.4. The molecule has 152 valence electrons. The third-order valence-electron chi connectivity index (χ3n) is 6.98. The molecule has 1 aromatic carbocycles. The zero-order chi connectivity index (χ0) is 21.0. The van der Waals surface area contributed by atoms with Gasteiger partial charge in [0.15, 0.2) is 0 Å². The second-order valence-electron chi connectivity index (χ2n) is 8.43. The summed E-state index contributed by atoms with van der Waals surface area (Å²) < 4.78 is 1.94. The Morgan fingerprint density at radius 3 is 2.93 bits per heavy atom. The fourth-order valence-electron chi connectivity index (χ4n) is 5.32. The average molecular weight is 401 g/mol. The molecule has 7 heteroatoms. The fourth-order valence-corrected chi connectivity index (χ4v) is 5.32. The van der Waals surface area contributed by atoms with Crippen LogP contribution in [0.3, 0.4) is 0 Å². The van der Waals surface area contributed by atoms with Crippen molar-refractivity contribution in [3.8, 4) is 0 Å². The molecular formula is C23H23N5O2. The van der Waals surface area contributed by atoms with Gasteiger partial charge in [-0.25, -0.2) is 14.8 Å². The van der Waals surface area contributed by atoms with Crippen LogP contribution in [0.1, 0.15) is 24.4 Å². The van der Waals surface area contributed by atoms with E-state index in [9.17, 15) is 10.2 Å². The third kappa shape index (κ3) is 2.65. The maximum atomic E-state index is 10.9. The second-order valence-corrected chi connectivity index (χ2v) is 8.43. The summed E-state index contributed by atoms with van der Waals surface area (Å²) in [6.45, 7) is 10.8. The molecule has 2 aliphatic rings. The van der Waals surface area contributed by atoms with Crippen molar-refractivity contribution in [2.24, 2.45) is 16.3 Å². The van der Waals surface area contributed by atoms with Crippen molar-refractivity contribution in [3.05, 3.63) is 59.6 Å². The number of aryl methyl sites for hydroxylation is 1. The largest absolute Gasteiger partial charge is 0.392 e. The highest BCUT2D eigenvalue weighted by atomic mass is 16.3. The van der Waals surface area contributed by atoms with E-state index in [1.807, 2.05) is 41.1 Å². The van der Waals surface area contributed by atoms with Gasteiger partial charge >= 0.3 is 0 Å². The predicted molar refractivity (Wildman–Crippen MR) is 116 cm³/mol. The van der Waals surface area contributed by atoms with Gasteiger partial charge in [0.2, 0.25) is 5.69 Å². The fraction of sp³-hybridized carbons (Fsp3) is 0.348. The van der Waals surface area contributed by atoms with E-state index in [1.165, 1.54) is 0 Å². The van der Waals surface area contributed by atoms with Gasteiger partial charge in [0.25, 0.3) is 0 Å². The van der Waals surface area contributed by atoms with Crippen LogP contribution in [0.4, 0.5) is 17.3 Å². The van der Waals surface area contributed by atoms with Crippen molar-refractivity contribution in [1.82, 2.24) is 9.55 Å². The van der Waals surface area contributed by atoms with Gasteiger partial charge in [0, 0.05) is 11.6 Å². The molecule has 5 atom stereocenters. The second kappa shape index (κ2) is 6.66. The maximum absolute atomic E-state index is 10.9. The monoisotopic (exact) mass is 401 g/mol. The number of aliphatic hydroxyl groups is 2. The van der Waals surface area contributed by atoms with Crippen LogP contribution in [-0.4, -0.2) is 38.7 Å². The molecule has 5 rings (SSSR count). The molecule has 2 aromatic heterocycles. The van der Waals surface area contributed by atoms with E-state index in [1.54, 1.807) is 6.07 Å². The minimum absolute atomic E-state index is 0.180. The van der Waals surface area contributed by atoms with Crippen LogP contribution in [0, 0.1) is 17.9 Å². The van der Waals surface area contributed by atoms with Gasteiger partial charge in [-0.2, -0.15) is 0 Å². The predicted octanol–water partition coefficient (Wildman–Crippen LogP) is 3.42. The van der Waals surface area contributed by atoms with Crippen LogP contribution in [0.5, 0.6) is 0 Å². The number of pyridine rings is 1. The first-order valence-electron chi connectivity index (χ1n) is 10.0. The number of fused-ring (bicyclic) bond motifs is 2. The van der Waals surface area contributed by atoms with Gasteiger partial charge in [-0.3, -0.25) is 0 Å². The highest BCUT2D eigenvalue weighted by Crippen LogP contribution is 2.69. The number of aromatic nitrogens is 2. The van der Waals surface area contributed by atoms with E-state index < -0.39 is 12.2 Å². The number of aliphatic hydroxyl groups excluding tert-OH is 2. The van der Waals surface area contributed by atoms with Gasteiger partial charge in [-0.05, 0) is 67.1 Å². The maximum Gasteiger partial charge on any atom is 0.228 e. The topological polar surface area (TPSA) is 101 Å². The molecule has 2 aliphatic carbocycles. The van der Waals surface area contributed by atoms with Gasteiger partial charge in [-0.15, -0.1) is 0 Å². The average Bonchev–Trinajstić information content (AvgIpc) is 3.19. The molecule has 0 amide bonds. The lowest BCUT2D eigenvalue weighted by atomic mass is 9.91. The van der Waals surface area contributed by atoms with Gasteiger partial charge < -0.3 is 20.5 Å². The van der Waals surface area contributed by atoms with E-state index in [0.29, 0.717) is 11.5 Å². The highest BCUT2D eigenvalue weighted by molar-refractivity contribution is 5.86. The lowest BCUT2D eigenvalue weighted by Crippen LogP contribution is -2.34. The van der Waals surface area contributed by atoms with Gasteiger partial charge in [0.1, 0.15) is 17.7 Å². The molecule has 3 aromatic rings. The van der Waals surface area contributed by atoms with Crippen LogP contribution >= 0.6 is 0 Å². The number of benzene rings is 1. The molecule has 0 aliphatic heterocycles. The van der Waals surface area contributed by atoms with Crippen LogP contribution in [0.25, 0.3) is 15.7 Å². The number of nitrogens with zero attached hydrogens (tertiary/aromatic N) is 4. The molecule has 0 bridgehead atoms. The first-order valence-corrected chi connectivity index (χ1v) is 10.0. The standard InChI is InChI=1S/C23H23N5O2/c1-25-17-11-14-6-5-13(10-16(14)27-22(17)24)7-8-23-12-15(23)19(20(29)21(23)30)28-9-3-4-18(28)26-2/h3-6,9-11,15,19-21,29-30H,2,7-8,12H2,(H2,24,27)/t15-,19-,20+,21+,23?/m1/s1. The molecule has 0 radical (unpaired) electrons. The number of aliphatic imine (C=N–C) groups is 1. The molecule has 30 heavy (non-hydrogen) atoms. The van der Waals surface area contributed by atoms with Crippen molar-refractivity contribution in [2.45, 2.75) is 37.5 Å². The van der Waals surface area contributed by atoms with E-state index >= 15 is 0 Å². The Hall–Kier alpha value is -3.21. The number of anilines is 1. The lowest BCUT2D eigenvalue weighted by Gasteiger charge is -2.25. The molecule has 2 heterocycles. The Bertz CT molecular complexity index is 1200. The number of hydrogen-bond acceptors (Lipinski definition) is 5. The summed E-state index contributed by atoms with van der Waals surface area (Å²) in [5, 5.41) is 22.5. The summed E-state index contributed by atoms with van der Waals surface area (Å²) >= 11 is 0. The Balaban J connectivity index is 1.37. The molecular weight excluding hydrogens is 378 g/mol. The van der Waals surface area contributed by atoms with Crippen molar-refractivity contribution in [3.63, 3.8) is 0 Å². The molecule has 7 nitrogen and oxygen atoms in total. The summed E-state index contributed by atoms with van der Waals surface area (Å²) in [7, 11) is 0. The summed E-state index contributed by atoms with van der Waals surface area (Å²) in [5.41, 5.74) is 7.82. The summed E-state index contributed by atoms with van der Waals surface area (Å²) in [5.74, 6) is 1.17. The molecule has 2 fully saturated rings. The number of nitrogen functional groups attached to an aromatic ring is 1. The minimum atomic E-state index is -0.818. The minimum Gasteiger partial charge on any atom is -0.392 e. The quantitative estimate of drug-likeness (QED) is 0.450. The van der Waals surface area contributed by atoms with E-state index in [4.69, 9.17) is 12.3 Å². The summed E-state index contributed by atoms with van der Waals surface area (Å²) in [6.07, 6.45) is 2.76. The third-order valence-corrected chi connectivity index (χ3v) is 6.98. The highest BCUT2D eigenvalue weighted by Gasteiger charge is 2.70. The molecule has 0 saturated heterocycles. The van der Waals surface area contributed by atoms with E-state index in [-0.39, 0.29) is 23.2 Å². The van der Waals surface area contributed by atoms with Crippen LogP contribution in [0.2, 0.25) is 0 Å². The first-order chi connectivity index (χ1) is 14.5. The van der Waals surface area contributed by atoms with Crippen LogP contribution < -0.4 is 5.73 Å². The zero-order valence-electron chi connectivity index (χ0n) is 16.4. The van der Waals surface area contributed by atoms with Crippen molar-refractivity contribution < 1.29 is 10.2 Å². The van der Waals surface area contributed by atoms with E-state index in [2.05, 4.69) is 21.5 Å². The Morgan fingerprint density at radius 2 is 2.17 bits per heavy atom. The Labute approximate surface area is 174 Å². The lowest BCUT2D eigenvalue weighted by molar-refractivity contribution is -0.0194. The van der Waals surface area contributed by atoms with Crippen molar-refractivity contribution >= 4 is 34.9 Å². The SMILES string of the molecule is [C-]#[N+]c1cc2ccc(CCC34C[C@@H]3[C@@H](n3cccc3N=C)[C@H](O)[C@@H]4O)cc2nc1N. The molecule has 2 saturated carbocycles. The van der Waals surface area contributed by atoms with E-state index in [0.717, 1.165) is 35.7 Å². The Morgan fingerprint density at radius 1 is 1.33 bits per heavy atom. The van der Waals surface area contributed by atoms with Crippen LogP contribution in [-0.2, 0) is 6.42 Å². The summed E-state index contributed by atoms with van der Waals surface area (Å²) in [4.78, 5) is 11.8. The molecule has 1 unspecified atom stereocenters. The van der Waals surface area contributed by atoms with Crippen molar-refractivity contribution in [2.75, 3.05) is 5.73 Å². The molecule has 0 spiro atoms. The van der Waals surface area contributed by atoms with Gasteiger partial charge in [-0.1, -0.05) is 12.1 Å². The number of rotatable bonds is 5. The number of nitrogens with two attached hydrogens (primary N) is 1. The van der Waals surface area contributed by atoms with Crippen molar-refractivity contribution in [1.29, 1.82) is 0 Å². The smallest absolute Gasteiger partial charge is 0.228 e. The molecule has 4 N–H and O–H groups in total. The number of hydrogen-bond donors (Lipinski definition) is 3. The normalized spacial score (nSPS) is 29.5. The first kappa shape index (κ1) is 18.8. The van der Waals surface area contributed by atoms with Crippen LogP contribution in [0.15, 0.2) is 47.6 Å². The van der Waals surface area contributed by atoms with Gasteiger partial charge in [0.05, 0.1) is 24.2 Å². The Kier molecular flexibility index (Phi) is 4.17.